The Labute approximate surface area is 296 Å². The van der Waals surface area contributed by atoms with Gasteiger partial charge in [0.25, 0.3) is 15.9 Å². The van der Waals surface area contributed by atoms with E-state index in [4.69, 9.17) is 14.2 Å². The molecule has 0 saturated heterocycles. The average molecular weight is 732 g/mol. The van der Waals surface area contributed by atoms with Gasteiger partial charge in [-0.05, 0) is 94.6 Å². The highest BCUT2D eigenvalue weighted by atomic mass is 32.2. The third kappa shape index (κ3) is 9.75. The first-order valence-electron chi connectivity index (χ1n) is 16.7. The van der Waals surface area contributed by atoms with Crippen LogP contribution in [0.1, 0.15) is 56.0 Å². The maximum Gasteiger partial charge on any atom is 0.261 e. The molecule has 0 radical (unpaired) electrons. The van der Waals surface area contributed by atoms with Crippen molar-refractivity contribution in [1.29, 1.82) is 0 Å². The van der Waals surface area contributed by atoms with E-state index in [1.54, 1.807) is 55.5 Å². The van der Waals surface area contributed by atoms with Gasteiger partial charge in [-0.15, -0.1) is 0 Å². The van der Waals surface area contributed by atoms with Crippen LogP contribution in [0.2, 0.25) is 0 Å². The normalized spacial score (nSPS) is 20.4. The number of aliphatic hydroxyl groups is 1. The van der Waals surface area contributed by atoms with Crippen LogP contribution in [0.4, 0.5) is 5.69 Å². The first kappa shape index (κ1) is 39.1. The minimum absolute atomic E-state index is 0.0133. The number of nitrogens with one attached hydrogen (secondary N) is 1. The number of rotatable bonds is 10. The summed E-state index contributed by atoms with van der Waals surface area (Å²) in [6, 6.07) is 16.5. The van der Waals surface area contributed by atoms with Gasteiger partial charge in [0.15, 0.2) is 0 Å². The summed E-state index contributed by atoms with van der Waals surface area (Å²) in [4.78, 5) is 16.1. The van der Waals surface area contributed by atoms with Crippen molar-refractivity contribution in [3.8, 4) is 11.5 Å². The number of fused-ring (bicyclic) bond motifs is 1. The Hall–Kier alpha value is -3.69. The van der Waals surface area contributed by atoms with Crippen molar-refractivity contribution in [2.24, 2.45) is 5.92 Å². The minimum Gasteiger partial charge on any atom is -0.497 e. The first-order chi connectivity index (χ1) is 23.7. The van der Waals surface area contributed by atoms with E-state index in [1.807, 2.05) is 20.8 Å². The van der Waals surface area contributed by atoms with E-state index in [2.05, 4.69) is 4.72 Å². The zero-order chi connectivity index (χ0) is 36.6. The van der Waals surface area contributed by atoms with E-state index in [9.17, 15) is 26.7 Å². The Kier molecular flexibility index (Phi) is 13.3. The quantitative estimate of drug-likeness (QED) is 0.296. The second kappa shape index (κ2) is 17.0. The number of anilines is 1. The molecule has 3 aromatic carbocycles. The summed E-state index contributed by atoms with van der Waals surface area (Å²) in [6.45, 7) is 7.56. The van der Waals surface area contributed by atoms with E-state index in [0.29, 0.717) is 25.2 Å². The molecular weight excluding hydrogens is 683 g/mol. The summed E-state index contributed by atoms with van der Waals surface area (Å²) in [5.41, 5.74) is 1.22. The summed E-state index contributed by atoms with van der Waals surface area (Å²) < 4.78 is 75.0. The number of likely N-dealkylation sites (N-methyl/N-ethyl adjacent to an activating group) is 1. The van der Waals surface area contributed by atoms with Crippen molar-refractivity contribution in [3.05, 3.63) is 77.9 Å². The van der Waals surface area contributed by atoms with Crippen molar-refractivity contribution < 1.29 is 40.9 Å². The van der Waals surface area contributed by atoms with Gasteiger partial charge in [-0.3, -0.25) is 9.52 Å². The summed E-state index contributed by atoms with van der Waals surface area (Å²) in [7, 11) is -4.84. The van der Waals surface area contributed by atoms with Crippen LogP contribution in [0, 0.1) is 12.8 Å². The molecule has 1 heterocycles. The van der Waals surface area contributed by atoms with Crippen molar-refractivity contribution in [2.75, 3.05) is 45.2 Å². The number of nitrogens with zero attached hydrogens (tertiary/aromatic N) is 2. The molecule has 0 fully saturated rings. The molecule has 0 unspecified atom stereocenters. The van der Waals surface area contributed by atoms with Crippen LogP contribution >= 0.6 is 0 Å². The summed E-state index contributed by atoms with van der Waals surface area (Å²) in [5, 5.41) is 10.2. The standard InChI is InChI=1S/C36H49N3O9S2/c1-25-10-15-32(16-11-25)50(44,45)38(5)23-35-26(2)22-39(27(3)24-40)36(41)33-21-29(12-19-34(33)48-28(4)9-7-8-20-47-35)37-49(42,43)31-17-13-30(46-6)14-18-31/h10-19,21,26-28,35,37,40H,7-9,20,22-24H2,1-6H3/t26-,27-,28+,35+/m0/s1. The van der Waals surface area contributed by atoms with Crippen LogP contribution in [0.25, 0.3) is 0 Å². The van der Waals surface area contributed by atoms with Crippen LogP contribution in [0.5, 0.6) is 11.5 Å². The number of amides is 1. The van der Waals surface area contributed by atoms with Crippen LogP contribution in [0.3, 0.4) is 0 Å². The first-order valence-corrected chi connectivity index (χ1v) is 19.6. The Morgan fingerprint density at radius 2 is 1.66 bits per heavy atom. The highest BCUT2D eigenvalue weighted by molar-refractivity contribution is 7.92. The lowest BCUT2D eigenvalue weighted by Crippen LogP contribution is -2.48. The smallest absolute Gasteiger partial charge is 0.261 e. The molecule has 4 rings (SSSR count). The molecule has 4 atom stereocenters. The third-order valence-electron chi connectivity index (χ3n) is 8.84. The van der Waals surface area contributed by atoms with Crippen LogP contribution in [-0.4, -0.2) is 95.8 Å². The molecule has 1 aliphatic rings. The third-order valence-corrected chi connectivity index (χ3v) is 12.1. The predicted molar refractivity (Wildman–Crippen MR) is 192 cm³/mol. The molecular formula is C36H49N3O9S2. The molecule has 14 heteroatoms. The Morgan fingerprint density at radius 1 is 1.00 bits per heavy atom. The predicted octanol–water partition coefficient (Wildman–Crippen LogP) is 4.92. The molecule has 2 N–H and O–H groups in total. The van der Waals surface area contributed by atoms with Crippen molar-refractivity contribution in [1.82, 2.24) is 9.21 Å². The van der Waals surface area contributed by atoms with E-state index < -0.39 is 38.1 Å². The van der Waals surface area contributed by atoms with Crippen LogP contribution < -0.4 is 14.2 Å². The lowest BCUT2D eigenvalue weighted by Gasteiger charge is -2.35. The molecule has 274 valence electrons. The molecule has 1 aliphatic heterocycles. The SMILES string of the molecule is COc1ccc(S(=O)(=O)Nc2ccc3c(c2)C(=O)N([C@@H](C)CO)C[C@H](C)[C@@H](CN(C)S(=O)(=O)c2ccc(C)cc2)OCCCC[C@@H](C)O3)cc1. The monoisotopic (exact) mass is 731 g/mol. The van der Waals surface area contributed by atoms with E-state index in [0.717, 1.165) is 12.0 Å². The van der Waals surface area contributed by atoms with Gasteiger partial charge in [0.2, 0.25) is 10.0 Å². The lowest BCUT2D eigenvalue weighted by molar-refractivity contribution is -0.00833. The highest BCUT2D eigenvalue weighted by Crippen LogP contribution is 2.30. The number of methoxy groups -OCH3 is 1. The molecule has 0 aliphatic carbocycles. The average Bonchev–Trinajstić information content (AvgIpc) is 3.09. The highest BCUT2D eigenvalue weighted by Gasteiger charge is 2.32. The van der Waals surface area contributed by atoms with Gasteiger partial charge in [-0.2, -0.15) is 4.31 Å². The van der Waals surface area contributed by atoms with Gasteiger partial charge in [0.1, 0.15) is 11.5 Å². The molecule has 0 aromatic heterocycles. The van der Waals surface area contributed by atoms with Crippen LogP contribution in [0.15, 0.2) is 76.5 Å². The maximum absolute atomic E-state index is 14.4. The van der Waals surface area contributed by atoms with Gasteiger partial charge < -0.3 is 24.2 Å². The lowest BCUT2D eigenvalue weighted by atomic mass is 10.0. The zero-order valence-electron chi connectivity index (χ0n) is 29.5. The van der Waals surface area contributed by atoms with Gasteiger partial charge >= 0.3 is 0 Å². The minimum atomic E-state index is -4.02. The topological polar surface area (TPSA) is 152 Å². The molecule has 3 aromatic rings. The number of ether oxygens (including phenoxy) is 3. The summed E-state index contributed by atoms with van der Waals surface area (Å²) in [6.07, 6.45) is 1.26. The van der Waals surface area contributed by atoms with Gasteiger partial charge in [0, 0.05) is 38.3 Å². The molecule has 12 nitrogen and oxygen atoms in total. The number of sulfonamides is 2. The fraction of sp³-hybridized carbons (Fsp3) is 0.472. The molecule has 0 bridgehead atoms. The number of carbonyl (C=O) groups is 1. The van der Waals surface area contributed by atoms with Gasteiger partial charge in [0.05, 0.1) is 47.3 Å². The molecule has 1 amide bonds. The number of hydrogen-bond donors (Lipinski definition) is 2. The second-order valence-corrected chi connectivity index (χ2v) is 16.6. The van der Waals surface area contributed by atoms with E-state index in [1.165, 1.54) is 41.6 Å². The van der Waals surface area contributed by atoms with Crippen LogP contribution in [-0.2, 0) is 24.8 Å². The molecule has 50 heavy (non-hydrogen) atoms. The largest absolute Gasteiger partial charge is 0.497 e. The summed E-state index contributed by atoms with van der Waals surface area (Å²) >= 11 is 0. The van der Waals surface area contributed by atoms with Crippen molar-refractivity contribution >= 4 is 31.6 Å². The van der Waals surface area contributed by atoms with Gasteiger partial charge in [-0.1, -0.05) is 24.6 Å². The molecule has 0 saturated carbocycles. The number of aryl methyl sites for hydroxylation is 1. The van der Waals surface area contributed by atoms with E-state index in [-0.39, 0.29) is 58.5 Å². The van der Waals surface area contributed by atoms with Crippen molar-refractivity contribution in [3.63, 3.8) is 0 Å². The molecule has 0 spiro atoms. The Balaban J connectivity index is 1.67. The number of hydrogen-bond acceptors (Lipinski definition) is 9. The number of carbonyl (C=O) groups excluding carboxylic acids is 1. The zero-order valence-corrected chi connectivity index (χ0v) is 31.2. The maximum atomic E-state index is 14.4. The Morgan fingerprint density at radius 3 is 2.30 bits per heavy atom. The number of benzene rings is 3. The Bertz CT molecular complexity index is 1800. The fourth-order valence-electron chi connectivity index (χ4n) is 5.66. The van der Waals surface area contributed by atoms with Crippen molar-refractivity contribution in [2.45, 2.75) is 75.0 Å². The fourth-order valence-corrected chi connectivity index (χ4v) is 7.89. The van der Waals surface area contributed by atoms with E-state index >= 15 is 0 Å². The van der Waals surface area contributed by atoms with Gasteiger partial charge in [-0.25, -0.2) is 16.8 Å². The second-order valence-electron chi connectivity index (χ2n) is 12.9. The number of aliphatic hydroxyl groups excluding tert-OH is 1. The summed E-state index contributed by atoms with van der Waals surface area (Å²) in [5.74, 6) is -0.0627.